The van der Waals surface area contributed by atoms with Crippen LogP contribution in [-0.4, -0.2) is 25.7 Å². The van der Waals surface area contributed by atoms with Crippen molar-refractivity contribution in [2.24, 2.45) is 5.92 Å². The van der Waals surface area contributed by atoms with Crippen LogP contribution in [-0.2, 0) is 9.53 Å². The fourth-order valence-corrected chi connectivity index (χ4v) is 2.70. The Morgan fingerprint density at radius 3 is 2.78 bits per heavy atom. The van der Waals surface area contributed by atoms with Crippen LogP contribution in [0.15, 0.2) is 11.6 Å². The largest absolute Gasteiger partial charge is 0.466 e. The second kappa shape index (κ2) is 8.30. The molecule has 0 heterocycles. The molecule has 0 aromatic carbocycles. The van der Waals surface area contributed by atoms with E-state index in [2.05, 4.69) is 12.2 Å². The summed E-state index contributed by atoms with van der Waals surface area (Å²) < 4.78 is 4.75. The van der Waals surface area contributed by atoms with E-state index in [1.165, 1.54) is 39.2 Å². The van der Waals surface area contributed by atoms with Crippen LogP contribution in [0, 0.1) is 5.92 Å². The van der Waals surface area contributed by atoms with Crippen LogP contribution in [0.3, 0.4) is 0 Å². The molecule has 0 saturated heterocycles. The van der Waals surface area contributed by atoms with E-state index in [4.69, 9.17) is 4.74 Å². The molecule has 0 radical (unpaired) electrons. The first-order valence-electron chi connectivity index (χ1n) is 7.21. The SMILES string of the molecule is CC/C(=C/CNC1CCCC(CC)C1)C(=O)OC. The highest BCUT2D eigenvalue weighted by atomic mass is 16.5. The molecule has 0 spiro atoms. The minimum absolute atomic E-state index is 0.200. The van der Waals surface area contributed by atoms with Crippen molar-refractivity contribution in [1.82, 2.24) is 5.32 Å². The lowest BCUT2D eigenvalue weighted by Gasteiger charge is -2.28. The highest BCUT2D eigenvalue weighted by Crippen LogP contribution is 2.26. The second-order valence-corrected chi connectivity index (χ2v) is 5.12. The molecule has 3 nitrogen and oxygen atoms in total. The minimum atomic E-state index is -0.200. The molecule has 0 aromatic rings. The number of ether oxygens (including phenoxy) is 1. The smallest absolute Gasteiger partial charge is 0.333 e. The maximum Gasteiger partial charge on any atom is 0.333 e. The maximum atomic E-state index is 11.4. The van der Waals surface area contributed by atoms with Gasteiger partial charge in [0.1, 0.15) is 0 Å². The Morgan fingerprint density at radius 1 is 1.39 bits per heavy atom. The molecule has 18 heavy (non-hydrogen) atoms. The van der Waals surface area contributed by atoms with Gasteiger partial charge in [-0.25, -0.2) is 4.79 Å². The first-order valence-corrected chi connectivity index (χ1v) is 7.21. The van der Waals surface area contributed by atoms with Crippen LogP contribution in [0.4, 0.5) is 0 Å². The molecule has 0 bridgehead atoms. The van der Waals surface area contributed by atoms with Gasteiger partial charge in [-0.1, -0.05) is 39.2 Å². The van der Waals surface area contributed by atoms with Crippen LogP contribution >= 0.6 is 0 Å². The molecule has 0 aromatic heterocycles. The highest BCUT2D eigenvalue weighted by molar-refractivity contribution is 5.88. The van der Waals surface area contributed by atoms with E-state index in [0.717, 1.165) is 24.5 Å². The van der Waals surface area contributed by atoms with Crippen molar-refractivity contribution in [2.75, 3.05) is 13.7 Å². The molecule has 1 fully saturated rings. The molecule has 1 saturated carbocycles. The topological polar surface area (TPSA) is 38.3 Å². The van der Waals surface area contributed by atoms with Gasteiger partial charge in [0.25, 0.3) is 0 Å². The Balaban J connectivity index is 2.35. The van der Waals surface area contributed by atoms with Gasteiger partial charge in [-0.3, -0.25) is 0 Å². The minimum Gasteiger partial charge on any atom is -0.466 e. The number of methoxy groups -OCH3 is 1. The van der Waals surface area contributed by atoms with Gasteiger partial charge >= 0.3 is 5.97 Å². The predicted molar refractivity (Wildman–Crippen MR) is 74.4 cm³/mol. The van der Waals surface area contributed by atoms with Gasteiger partial charge in [-0.15, -0.1) is 0 Å². The number of esters is 1. The zero-order valence-electron chi connectivity index (χ0n) is 12.0. The molecule has 0 aliphatic heterocycles. The summed E-state index contributed by atoms with van der Waals surface area (Å²) in [5, 5.41) is 3.55. The molecule has 2 atom stereocenters. The van der Waals surface area contributed by atoms with Gasteiger partial charge in [-0.2, -0.15) is 0 Å². The molecule has 0 amide bonds. The van der Waals surface area contributed by atoms with Crippen molar-refractivity contribution in [1.29, 1.82) is 0 Å². The monoisotopic (exact) mass is 253 g/mol. The summed E-state index contributed by atoms with van der Waals surface area (Å²) in [4.78, 5) is 11.4. The zero-order valence-corrected chi connectivity index (χ0v) is 12.0. The van der Waals surface area contributed by atoms with Crippen LogP contribution < -0.4 is 5.32 Å². The summed E-state index contributed by atoms with van der Waals surface area (Å²) in [5.74, 6) is 0.681. The van der Waals surface area contributed by atoms with Gasteiger partial charge in [0, 0.05) is 18.2 Å². The fraction of sp³-hybridized carbons (Fsp3) is 0.800. The van der Waals surface area contributed by atoms with E-state index in [1.807, 2.05) is 13.0 Å². The van der Waals surface area contributed by atoms with Gasteiger partial charge in [-0.05, 0) is 25.2 Å². The Morgan fingerprint density at radius 2 is 2.17 bits per heavy atom. The summed E-state index contributed by atoms with van der Waals surface area (Å²) in [5.41, 5.74) is 0.771. The van der Waals surface area contributed by atoms with Crippen molar-refractivity contribution in [3.8, 4) is 0 Å². The average molecular weight is 253 g/mol. The number of rotatable bonds is 6. The fourth-order valence-electron chi connectivity index (χ4n) is 2.70. The van der Waals surface area contributed by atoms with Gasteiger partial charge in [0.2, 0.25) is 0 Å². The van der Waals surface area contributed by atoms with E-state index < -0.39 is 0 Å². The lowest BCUT2D eigenvalue weighted by Crippen LogP contribution is -2.34. The number of carbonyl (C=O) groups excluding carboxylic acids is 1. The van der Waals surface area contributed by atoms with Crippen molar-refractivity contribution in [2.45, 2.75) is 58.4 Å². The average Bonchev–Trinajstić information content (AvgIpc) is 2.43. The molecule has 104 valence electrons. The Kier molecular flexibility index (Phi) is 7.02. The lowest BCUT2D eigenvalue weighted by atomic mass is 9.84. The number of hydrogen-bond donors (Lipinski definition) is 1. The standard InChI is InChI=1S/C15H27NO2/c1-4-12-7-6-8-14(11-12)16-10-9-13(5-2)15(17)18-3/h9,12,14,16H,4-8,10-11H2,1-3H3/b13-9-. The van der Waals surface area contributed by atoms with E-state index in [-0.39, 0.29) is 5.97 Å². The summed E-state index contributed by atoms with van der Waals surface area (Å²) in [6, 6.07) is 0.621. The molecule has 1 N–H and O–H groups in total. The van der Waals surface area contributed by atoms with E-state index in [9.17, 15) is 4.79 Å². The van der Waals surface area contributed by atoms with Crippen molar-refractivity contribution in [3.05, 3.63) is 11.6 Å². The summed E-state index contributed by atoms with van der Waals surface area (Å²) in [6.07, 6.45) is 9.26. The third-order valence-corrected chi connectivity index (χ3v) is 3.94. The summed E-state index contributed by atoms with van der Waals surface area (Å²) in [6.45, 7) is 5.04. The highest BCUT2D eigenvalue weighted by Gasteiger charge is 2.19. The van der Waals surface area contributed by atoms with Gasteiger partial charge in [0.15, 0.2) is 0 Å². The normalized spacial score (nSPS) is 24.9. The maximum absolute atomic E-state index is 11.4. The predicted octanol–water partition coefficient (Wildman–Crippen LogP) is 3.05. The third-order valence-electron chi connectivity index (χ3n) is 3.94. The van der Waals surface area contributed by atoms with Crippen LogP contribution in [0.2, 0.25) is 0 Å². The number of nitrogens with one attached hydrogen (secondary N) is 1. The molecular formula is C15H27NO2. The van der Waals surface area contributed by atoms with Crippen LogP contribution in [0.1, 0.15) is 52.4 Å². The van der Waals surface area contributed by atoms with Gasteiger partial charge in [0.05, 0.1) is 7.11 Å². The first kappa shape index (κ1) is 15.2. The lowest BCUT2D eigenvalue weighted by molar-refractivity contribution is -0.136. The molecular weight excluding hydrogens is 226 g/mol. The Labute approximate surface area is 111 Å². The third kappa shape index (κ3) is 4.81. The zero-order chi connectivity index (χ0) is 13.4. The Hall–Kier alpha value is -0.830. The molecule has 1 aliphatic rings. The molecule has 1 aliphatic carbocycles. The van der Waals surface area contributed by atoms with Crippen molar-refractivity contribution >= 4 is 5.97 Å². The van der Waals surface area contributed by atoms with E-state index in [1.54, 1.807) is 0 Å². The number of hydrogen-bond acceptors (Lipinski definition) is 3. The van der Waals surface area contributed by atoms with Crippen LogP contribution in [0.25, 0.3) is 0 Å². The molecule has 1 rings (SSSR count). The summed E-state index contributed by atoms with van der Waals surface area (Å²) in [7, 11) is 1.44. The summed E-state index contributed by atoms with van der Waals surface area (Å²) >= 11 is 0. The van der Waals surface area contributed by atoms with E-state index >= 15 is 0 Å². The quantitative estimate of drug-likeness (QED) is 0.584. The Bertz CT molecular complexity index is 286. The van der Waals surface area contributed by atoms with Crippen molar-refractivity contribution < 1.29 is 9.53 Å². The molecule has 2 unspecified atom stereocenters. The van der Waals surface area contributed by atoms with Crippen molar-refractivity contribution in [3.63, 3.8) is 0 Å². The van der Waals surface area contributed by atoms with Crippen LogP contribution in [0.5, 0.6) is 0 Å². The van der Waals surface area contributed by atoms with Gasteiger partial charge < -0.3 is 10.1 Å². The first-order chi connectivity index (χ1) is 8.71. The second-order valence-electron chi connectivity index (χ2n) is 5.12. The molecule has 3 heteroatoms. The van der Waals surface area contributed by atoms with E-state index in [0.29, 0.717) is 6.04 Å². The number of carbonyl (C=O) groups is 1.